The van der Waals surface area contributed by atoms with Crippen molar-refractivity contribution in [3.8, 4) is 16.5 Å². The van der Waals surface area contributed by atoms with Gasteiger partial charge in [0.2, 0.25) is 5.88 Å². The van der Waals surface area contributed by atoms with Crippen molar-refractivity contribution in [1.29, 1.82) is 0 Å². The second-order valence-corrected chi connectivity index (χ2v) is 8.58. The highest BCUT2D eigenvalue weighted by Crippen LogP contribution is 2.34. The molecular formula is C20H25N3O4S. The molecule has 150 valence electrons. The standard InChI is InChI=1S/C20H25N3O4S/c1-20(2)12-15(7-8-23(20)3)21-14-6-4-5-13(11-14)18-22-17(27-10-9-24)16(28-18)19(25)26/h4-6,9,11,15,21H,7-8,10,12H2,1-3H3,(H,25,26). The van der Waals surface area contributed by atoms with Crippen molar-refractivity contribution in [1.82, 2.24) is 9.88 Å². The minimum absolute atomic E-state index is 0.00715. The molecule has 8 heteroatoms. The van der Waals surface area contributed by atoms with Crippen LogP contribution in [0.4, 0.5) is 5.69 Å². The van der Waals surface area contributed by atoms with E-state index in [4.69, 9.17) is 4.74 Å². The topological polar surface area (TPSA) is 91.8 Å². The third-order valence-corrected chi connectivity index (χ3v) is 6.22. The lowest BCUT2D eigenvalue weighted by molar-refractivity contribution is -0.109. The van der Waals surface area contributed by atoms with Crippen LogP contribution in [0.1, 0.15) is 36.4 Å². The van der Waals surface area contributed by atoms with E-state index in [0.717, 1.165) is 42.0 Å². The number of hydrogen-bond acceptors (Lipinski definition) is 7. The van der Waals surface area contributed by atoms with Gasteiger partial charge in [0.15, 0.2) is 11.2 Å². The van der Waals surface area contributed by atoms with Crippen molar-refractivity contribution >= 4 is 29.3 Å². The van der Waals surface area contributed by atoms with E-state index in [0.29, 0.717) is 17.3 Å². The molecule has 1 aromatic carbocycles. The van der Waals surface area contributed by atoms with Crippen molar-refractivity contribution in [2.45, 2.75) is 38.3 Å². The number of nitrogens with one attached hydrogen (secondary N) is 1. The maximum atomic E-state index is 11.4. The first kappa shape index (κ1) is 20.3. The molecule has 7 nitrogen and oxygen atoms in total. The number of aldehydes is 1. The number of carboxylic acid groups (broad SMARTS) is 1. The molecule has 0 radical (unpaired) electrons. The molecule has 2 heterocycles. The Morgan fingerprint density at radius 2 is 2.29 bits per heavy atom. The van der Waals surface area contributed by atoms with E-state index in [1.54, 1.807) is 0 Å². The van der Waals surface area contributed by atoms with E-state index < -0.39 is 5.97 Å². The number of rotatable bonds is 7. The fourth-order valence-electron chi connectivity index (χ4n) is 3.39. The molecule has 0 aliphatic carbocycles. The lowest BCUT2D eigenvalue weighted by Crippen LogP contribution is -2.50. The van der Waals surface area contributed by atoms with E-state index in [1.807, 2.05) is 24.3 Å². The number of thiazole rings is 1. The summed E-state index contributed by atoms with van der Waals surface area (Å²) in [5.74, 6) is -1.14. The molecule has 0 bridgehead atoms. The number of ether oxygens (including phenoxy) is 1. The number of aromatic carboxylic acids is 1. The Bertz CT molecular complexity index is 865. The van der Waals surface area contributed by atoms with Gasteiger partial charge in [0.1, 0.15) is 11.6 Å². The summed E-state index contributed by atoms with van der Waals surface area (Å²) in [6, 6.07) is 8.16. The van der Waals surface area contributed by atoms with Crippen molar-refractivity contribution in [3.05, 3.63) is 29.1 Å². The second-order valence-electron chi connectivity index (χ2n) is 7.58. The second kappa shape index (κ2) is 8.28. The van der Waals surface area contributed by atoms with Gasteiger partial charge in [0.25, 0.3) is 0 Å². The van der Waals surface area contributed by atoms with Crippen LogP contribution in [-0.4, -0.2) is 59.0 Å². The van der Waals surface area contributed by atoms with Crippen LogP contribution < -0.4 is 10.1 Å². The number of benzene rings is 1. The lowest BCUT2D eigenvalue weighted by atomic mass is 9.87. The first-order valence-electron chi connectivity index (χ1n) is 9.19. The Morgan fingerprint density at radius 1 is 1.50 bits per heavy atom. The van der Waals surface area contributed by atoms with E-state index >= 15 is 0 Å². The Labute approximate surface area is 168 Å². The first-order valence-corrected chi connectivity index (χ1v) is 10.0. The number of carbonyl (C=O) groups excluding carboxylic acids is 1. The first-order chi connectivity index (χ1) is 13.3. The number of nitrogens with zero attached hydrogens (tertiary/aromatic N) is 2. The molecule has 1 aromatic heterocycles. The van der Waals surface area contributed by atoms with Crippen LogP contribution in [0.15, 0.2) is 24.3 Å². The Balaban J connectivity index is 1.80. The Morgan fingerprint density at radius 3 is 2.96 bits per heavy atom. The van der Waals surface area contributed by atoms with Gasteiger partial charge in [-0.15, -0.1) is 11.3 Å². The largest absolute Gasteiger partial charge is 0.477 e. The number of anilines is 1. The van der Waals surface area contributed by atoms with Crippen molar-refractivity contribution in [3.63, 3.8) is 0 Å². The number of hydrogen-bond donors (Lipinski definition) is 2. The van der Waals surface area contributed by atoms with E-state index in [-0.39, 0.29) is 22.9 Å². The van der Waals surface area contributed by atoms with Crippen LogP contribution in [0, 0.1) is 0 Å². The summed E-state index contributed by atoms with van der Waals surface area (Å²) in [6.45, 7) is 5.31. The van der Waals surface area contributed by atoms with E-state index in [9.17, 15) is 14.7 Å². The highest BCUT2D eigenvalue weighted by Gasteiger charge is 2.32. The molecule has 1 saturated heterocycles. The third-order valence-electron chi connectivity index (χ3n) is 5.15. The van der Waals surface area contributed by atoms with Gasteiger partial charge in [-0.25, -0.2) is 9.78 Å². The normalized spacial score (nSPS) is 19.2. The quantitative estimate of drug-likeness (QED) is 0.685. The minimum atomic E-state index is -1.12. The Hall–Kier alpha value is -2.45. The highest BCUT2D eigenvalue weighted by atomic mass is 32.1. The average molecular weight is 404 g/mol. The van der Waals surface area contributed by atoms with Gasteiger partial charge in [0.05, 0.1) is 0 Å². The molecule has 0 saturated carbocycles. The molecular weight excluding hydrogens is 378 g/mol. The van der Waals surface area contributed by atoms with Crippen LogP contribution in [0.2, 0.25) is 0 Å². The summed E-state index contributed by atoms with van der Waals surface area (Å²) < 4.78 is 5.16. The number of carboxylic acids is 1. The molecule has 1 unspecified atom stereocenters. The highest BCUT2D eigenvalue weighted by molar-refractivity contribution is 7.17. The van der Waals surface area contributed by atoms with Gasteiger partial charge < -0.3 is 20.1 Å². The predicted octanol–water partition coefficient (Wildman–Crippen LogP) is 3.37. The lowest BCUT2D eigenvalue weighted by Gasteiger charge is -2.44. The van der Waals surface area contributed by atoms with Crippen LogP contribution in [0.3, 0.4) is 0 Å². The van der Waals surface area contributed by atoms with Crippen LogP contribution in [0.25, 0.3) is 10.6 Å². The number of likely N-dealkylation sites (tertiary alicyclic amines) is 1. The number of piperidine rings is 1. The van der Waals surface area contributed by atoms with Gasteiger partial charge in [-0.1, -0.05) is 12.1 Å². The van der Waals surface area contributed by atoms with Crippen LogP contribution in [-0.2, 0) is 4.79 Å². The zero-order chi connectivity index (χ0) is 20.3. The molecule has 1 aliphatic rings. The maximum Gasteiger partial charge on any atom is 0.351 e. The van der Waals surface area contributed by atoms with Gasteiger partial charge >= 0.3 is 5.97 Å². The summed E-state index contributed by atoms with van der Waals surface area (Å²) in [7, 11) is 2.16. The summed E-state index contributed by atoms with van der Waals surface area (Å²) >= 11 is 1.04. The van der Waals surface area contributed by atoms with Gasteiger partial charge in [0, 0.05) is 29.4 Å². The van der Waals surface area contributed by atoms with Crippen molar-refractivity contribution in [2.75, 3.05) is 25.5 Å². The molecule has 1 aliphatic heterocycles. The van der Waals surface area contributed by atoms with Crippen molar-refractivity contribution < 1.29 is 19.4 Å². The summed E-state index contributed by atoms with van der Waals surface area (Å²) in [6.07, 6.45) is 2.67. The van der Waals surface area contributed by atoms with Crippen LogP contribution >= 0.6 is 11.3 Å². The van der Waals surface area contributed by atoms with E-state index in [2.05, 4.69) is 36.1 Å². The smallest absolute Gasteiger partial charge is 0.351 e. The van der Waals surface area contributed by atoms with Crippen LogP contribution in [0.5, 0.6) is 5.88 Å². The van der Waals surface area contributed by atoms with Crippen molar-refractivity contribution in [2.24, 2.45) is 0 Å². The molecule has 28 heavy (non-hydrogen) atoms. The zero-order valence-corrected chi connectivity index (χ0v) is 17.1. The molecule has 2 aromatic rings. The fraction of sp³-hybridized carbons (Fsp3) is 0.450. The molecule has 0 amide bonds. The van der Waals surface area contributed by atoms with Gasteiger partial charge in [-0.3, -0.25) is 4.79 Å². The molecule has 3 rings (SSSR count). The minimum Gasteiger partial charge on any atom is -0.477 e. The zero-order valence-electron chi connectivity index (χ0n) is 16.3. The Kier molecular flexibility index (Phi) is 6.00. The average Bonchev–Trinajstić information content (AvgIpc) is 3.08. The maximum absolute atomic E-state index is 11.4. The van der Waals surface area contributed by atoms with E-state index in [1.165, 1.54) is 0 Å². The summed E-state index contributed by atoms with van der Waals surface area (Å²) in [4.78, 5) is 28.6. The van der Waals surface area contributed by atoms with Gasteiger partial charge in [-0.05, 0) is 45.9 Å². The SMILES string of the molecule is CN1CCC(Nc2cccc(-c3nc(OCC=O)c(C(=O)O)s3)c2)CC1(C)C. The van der Waals surface area contributed by atoms with Gasteiger partial charge in [-0.2, -0.15) is 0 Å². The fourth-order valence-corrected chi connectivity index (χ4v) is 4.24. The predicted molar refractivity (Wildman–Crippen MR) is 109 cm³/mol. The monoisotopic (exact) mass is 403 g/mol. The number of aromatic nitrogens is 1. The molecule has 2 N–H and O–H groups in total. The molecule has 1 atom stereocenters. The third kappa shape index (κ3) is 4.51. The molecule has 0 spiro atoms. The number of carbonyl (C=O) groups is 2. The summed E-state index contributed by atoms with van der Waals surface area (Å²) in [5.41, 5.74) is 1.93. The molecule has 1 fully saturated rings. The summed E-state index contributed by atoms with van der Waals surface area (Å²) in [5, 5.41) is 13.5.